The van der Waals surface area contributed by atoms with Crippen LogP contribution in [-0.4, -0.2) is 35.7 Å². The summed E-state index contributed by atoms with van der Waals surface area (Å²) >= 11 is 0. The maximum atomic E-state index is 13.4. The summed E-state index contributed by atoms with van der Waals surface area (Å²) in [6.45, 7) is 3.01. The number of aliphatic hydroxyl groups is 1. The number of carbonyl (C=O) groups is 1. The number of anilines is 1. The molecule has 1 atom stereocenters. The summed E-state index contributed by atoms with van der Waals surface area (Å²) in [7, 11) is 0. The van der Waals surface area contributed by atoms with Crippen molar-refractivity contribution in [2.75, 3.05) is 25.0 Å². The van der Waals surface area contributed by atoms with E-state index in [0.29, 0.717) is 24.3 Å². The summed E-state index contributed by atoms with van der Waals surface area (Å²) in [6, 6.07) is 4.41. The second-order valence-corrected chi connectivity index (χ2v) is 5.03. The number of piperidine rings is 1. The number of halogens is 1. The Labute approximate surface area is 112 Å². The molecule has 2 amide bonds. The number of urea groups is 1. The minimum Gasteiger partial charge on any atom is -0.396 e. The quantitative estimate of drug-likeness (QED) is 0.863. The first-order valence-corrected chi connectivity index (χ1v) is 6.53. The maximum absolute atomic E-state index is 13.4. The summed E-state index contributed by atoms with van der Waals surface area (Å²) in [5.41, 5.74) is 1.01. The molecule has 1 aromatic rings. The highest BCUT2D eigenvalue weighted by atomic mass is 19.1. The van der Waals surface area contributed by atoms with Crippen LogP contribution >= 0.6 is 0 Å². The zero-order valence-corrected chi connectivity index (χ0v) is 11.0. The van der Waals surface area contributed by atoms with Gasteiger partial charge in [0.05, 0.1) is 0 Å². The van der Waals surface area contributed by atoms with Crippen molar-refractivity contribution in [2.45, 2.75) is 19.8 Å². The normalized spacial score (nSPS) is 19.3. The highest BCUT2D eigenvalue weighted by molar-refractivity contribution is 5.89. The molecule has 0 aliphatic carbocycles. The lowest BCUT2D eigenvalue weighted by atomic mass is 9.99. The van der Waals surface area contributed by atoms with Crippen LogP contribution in [0, 0.1) is 18.7 Å². The van der Waals surface area contributed by atoms with Gasteiger partial charge in [0.2, 0.25) is 0 Å². The molecule has 1 aliphatic heterocycles. The van der Waals surface area contributed by atoms with Crippen LogP contribution in [0.3, 0.4) is 0 Å². The van der Waals surface area contributed by atoms with E-state index in [2.05, 4.69) is 5.32 Å². The number of aliphatic hydroxyl groups excluding tert-OH is 1. The van der Waals surface area contributed by atoms with E-state index in [4.69, 9.17) is 5.11 Å². The van der Waals surface area contributed by atoms with Crippen LogP contribution in [0.15, 0.2) is 18.2 Å². The topological polar surface area (TPSA) is 52.6 Å². The summed E-state index contributed by atoms with van der Waals surface area (Å²) in [4.78, 5) is 13.7. The Hall–Kier alpha value is -1.62. The molecular formula is C14H19FN2O2. The van der Waals surface area contributed by atoms with Gasteiger partial charge in [0.1, 0.15) is 5.82 Å². The van der Waals surface area contributed by atoms with Crippen molar-refractivity contribution in [1.29, 1.82) is 0 Å². The molecule has 0 aromatic heterocycles. The number of amides is 2. The monoisotopic (exact) mass is 266 g/mol. The summed E-state index contributed by atoms with van der Waals surface area (Å²) in [5, 5.41) is 11.8. The third kappa shape index (κ3) is 3.44. The van der Waals surface area contributed by atoms with E-state index >= 15 is 0 Å². The number of rotatable bonds is 2. The van der Waals surface area contributed by atoms with Gasteiger partial charge in [0.15, 0.2) is 0 Å². The van der Waals surface area contributed by atoms with E-state index in [0.717, 1.165) is 12.8 Å². The van der Waals surface area contributed by atoms with Crippen LogP contribution in [-0.2, 0) is 0 Å². The molecule has 0 bridgehead atoms. The molecule has 1 aliphatic rings. The Bertz CT molecular complexity index is 465. The van der Waals surface area contributed by atoms with Gasteiger partial charge in [-0.15, -0.1) is 0 Å². The van der Waals surface area contributed by atoms with Gasteiger partial charge in [-0.25, -0.2) is 9.18 Å². The first-order valence-electron chi connectivity index (χ1n) is 6.53. The van der Waals surface area contributed by atoms with Crippen LogP contribution in [0.1, 0.15) is 18.4 Å². The molecule has 2 rings (SSSR count). The standard InChI is InChI=1S/C14H19FN2O2/c1-10-4-5-12(7-13(10)15)16-14(19)17-6-2-3-11(8-17)9-18/h4-5,7,11,18H,2-3,6,8-9H2,1H3,(H,16,19). The van der Waals surface area contributed by atoms with Crippen LogP contribution in [0.4, 0.5) is 14.9 Å². The fourth-order valence-electron chi connectivity index (χ4n) is 2.27. The summed E-state index contributed by atoms with van der Waals surface area (Å²) < 4.78 is 13.4. The molecule has 4 nitrogen and oxygen atoms in total. The van der Waals surface area contributed by atoms with E-state index in [1.54, 1.807) is 24.0 Å². The third-order valence-electron chi connectivity index (χ3n) is 3.49. The van der Waals surface area contributed by atoms with E-state index < -0.39 is 0 Å². The lowest BCUT2D eigenvalue weighted by molar-refractivity contribution is 0.136. The van der Waals surface area contributed by atoms with Crippen molar-refractivity contribution >= 4 is 11.7 Å². The van der Waals surface area contributed by atoms with E-state index in [1.165, 1.54) is 6.07 Å². The lowest BCUT2D eigenvalue weighted by Gasteiger charge is -2.31. The number of likely N-dealkylation sites (tertiary alicyclic amines) is 1. The third-order valence-corrected chi connectivity index (χ3v) is 3.49. The van der Waals surface area contributed by atoms with Crippen LogP contribution in [0.2, 0.25) is 0 Å². The summed E-state index contributed by atoms with van der Waals surface area (Å²) in [5.74, 6) is -0.182. The molecule has 0 saturated carbocycles. The molecule has 19 heavy (non-hydrogen) atoms. The number of aryl methyl sites for hydroxylation is 1. The van der Waals surface area contributed by atoms with Gasteiger partial charge in [0, 0.05) is 25.4 Å². The zero-order chi connectivity index (χ0) is 13.8. The van der Waals surface area contributed by atoms with Gasteiger partial charge >= 0.3 is 6.03 Å². The Morgan fingerprint density at radius 3 is 3.05 bits per heavy atom. The highest BCUT2D eigenvalue weighted by Gasteiger charge is 2.23. The number of hydrogen-bond donors (Lipinski definition) is 2. The smallest absolute Gasteiger partial charge is 0.321 e. The molecule has 1 fully saturated rings. The van der Waals surface area contributed by atoms with Crippen molar-refractivity contribution in [3.8, 4) is 0 Å². The second kappa shape index (κ2) is 6.02. The predicted octanol–water partition coefficient (Wildman–Crippen LogP) is 2.37. The average molecular weight is 266 g/mol. The van der Waals surface area contributed by atoms with E-state index in [1.807, 2.05) is 0 Å². The Balaban J connectivity index is 1.98. The molecule has 5 heteroatoms. The first-order chi connectivity index (χ1) is 9.10. The Morgan fingerprint density at radius 2 is 2.37 bits per heavy atom. The number of nitrogens with zero attached hydrogens (tertiary/aromatic N) is 1. The number of benzene rings is 1. The van der Waals surface area contributed by atoms with Crippen molar-refractivity contribution < 1.29 is 14.3 Å². The van der Waals surface area contributed by atoms with Crippen LogP contribution < -0.4 is 5.32 Å². The highest BCUT2D eigenvalue weighted by Crippen LogP contribution is 2.18. The SMILES string of the molecule is Cc1ccc(NC(=O)N2CCCC(CO)C2)cc1F. The summed E-state index contributed by atoms with van der Waals surface area (Å²) in [6.07, 6.45) is 1.83. The van der Waals surface area contributed by atoms with E-state index in [9.17, 15) is 9.18 Å². The molecule has 104 valence electrons. The number of carbonyl (C=O) groups excluding carboxylic acids is 1. The Kier molecular flexibility index (Phi) is 4.37. The van der Waals surface area contributed by atoms with Gasteiger partial charge < -0.3 is 15.3 Å². The molecule has 1 unspecified atom stereocenters. The lowest BCUT2D eigenvalue weighted by Crippen LogP contribution is -2.43. The molecule has 0 radical (unpaired) electrons. The second-order valence-electron chi connectivity index (χ2n) is 5.03. The van der Waals surface area contributed by atoms with Crippen molar-refractivity contribution in [3.63, 3.8) is 0 Å². The number of hydrogen-bond acceptors (Lipinski definition) is 2. The molecule has 1 saturated heterocycles. The van der Waals surface area contributed by atoms with Crippen LogP contribution in [0.25, 0.3) is 0 Å². The van der Waals surface area contributed by atoms with Gasteiger partial charge in [0.25, 0.3) is 0 Å². The minimum atomic E-state index is -0.329. The maximum Gasteiger partial charge on any atom is 0.321 e. The van der Waals surface area contributed by atoms with Gasteiger partial charge in [-0.1, -0.05) is 6.07 Å². The Morgan fingerprint density at radius 1 is 1.58 bits per heavy atom. The van der Waals surface area contributed by atoms with Crippen molar-refractivity contribution in [2.24, 2.45) is 5.92 Å². The molecule has 0 spiro atoms. The number of nitrogens with one attached hydrogen (secondary N) is 1. The molecule has 2 N–H and O–H groups in total. The van der Waals surface area contributed by atoms with Gasteiger partial charge in [-0.05, 0) is 43.4 Å². The fourth-order valence-corrected chi connectivity index (χ4v) is 2.27. The predicted molar refractivity (Wildman–Crippen MR) is 71.5 cm³/mol. The van der Waals surface area contributed by atoms with Gasteiger partial charge in [-0.3, -0.25) is 0 Å². The molecule has 1 aromatic carbocycles. The van der Waals surface area contributed by atoms with Crippen molar-refractivity contribution in [1.82, 2.24) is 4.90 Å². The zero-order valence-electron chi connectivity index (χ0n) is 11.0. The fraction of sp³-hybridized carbons (Fsp3) is 0.500. The van der Waals surface area contributed by atoms with Crippen molar-refractivity contribution in [3.05, 3.63) is 29.6 Å². The minimum absolute atomic E-state index is 0.100. The van der Waals surface area contributed by atoms with E-state index in [-0.39, 0.29) is 24.4 Å². The molecule has 1 heterocycles. The largest absolute Gasteiger partial charge is 0.396 e. The average Bonchev–Trinajstić information content (AvgIpc) is 2.43. The van der Waals surface area contributed by atoms with Crippen LogP contribution in [0.5, 0.6) is 0 Å². The van der Waals surface area contributed by atoms with Gasteiger partial charge in [-0.2, -0.15) is 0 Å². The first kappa shape index (κ1) is 13.8. The molecular weight excluding hydrogens is 247 g/mol.